The largest absolute Gasteiger partial charge is 0.394 e. The Balaban J connectivity index is 2.21. The highest BCUT2D eigenvalue weighted by Crippen LogP contribution is 2.15. The quantitative estimate of drug-likeness (QED) is 0.361. The zero-order chi connectivity index (χ0) is 19.3. The lowest BCUT2D eigenvalue weighted by Crippen LogP contribution is -2.27. The van der Waals surface area contributed by atoms with Crippen molar-refractivity contribution >= 4 is 10.1 Å². The summed E-state index contributed by atoms with van der Waals surface area (Å²) in [6, 6.07) is 6.42. The SMILES string of the molecule is CCCCCCCCCCOCC(CO)OS(=O)(=O)c1ccc(C)cc1. The number of ether oxygens (including phenoxy) is 1. The van der Waals surface area contributed by atoms with Crippen molar-refractivity contribution in [1.29, 1.82) is 0 Å². The molecule has 150 valence electrons. The van der Waals surface area contributed by atoms with Gasteiger partial charge < -0.3 is 9.84 Å². The first-order chi connectivity index (χ1) is 12.5. The Morgan fingerprint density at radius 3 is 2.12 bits per heavy atom. The van der Waals surface area contributed by atoms with E-state index in [1.54, 1.807) is 12.1 Å². The summed E-state index contributed by atoms with van der Waals surface area (Å²) >= 11 is 0. The van der Waals surface area contributed by atoms with Crippen molar-refractivity contribution < 1.29 is 22.4 Å². The van der Waals surface area contributed by atoms with Gasteiger partial charge in [-0.05, 0) is 25.5 Å². The molecule has 1 atom stereocenters. The molecule has 0 fully saturated rings. The first-order valence-electron chi connectivity index (χ1n) is 9.68. The Labute approximate surface area is 158 Å². The number of hydrogen-bond donors (Lipinski definition) is 1. The second-order valence-corrected chi connectivity index (χ2v) is 8.29. The third-order valence-corrected chi connectivity index (χ3v) is 5.60. The molecule has 6 heteroatoms. The van der Waals surface area contributed by atoms with Gasteiger partial charge in [0.25, 0.3) is 10.1 Å². The van der Waals surface area contributed by atoms with E-state index in [0.29, 0.717) is 6.61 Å². The third-order valence-electron chi connectivity index (χ3n) is 4.22. The predicted octanol–water partition coefficient (Wildman–Crippen LogP) is 4.22. The summed E-state index contributed by atoms with van der Waals surface area (Å²) in [7, 11) is -3.89. The van der Waals surface area contributed by atoms with Crippen molar-refractivity contribution in [2.45, 2.75) is 76.2 Å². The fourth-order valence-electron chi connectivity index (χ4n) is 2.60. The van der Waals surface area contributed by atoms with Crippen LogP contribution in [-0.4, -0.2) is 39.4 Å². The minimum Gasteiger partial charge on any atom is -0.394 e. The standard InChI is InChI=1S/C20H34O5S/c1-3-4-5-6-7-8-9-10-15-24-17-19(16-21)25-26(22,23)20-13-11-18(2)12-14-20/h11-14,19,21H,3-10,15-17H2,1-2H3. The molecule has 5 nitrogen and oxygen atoms in total. The van der Waals surface area contributed by atoms with Crippen LogP contribution >= 0.6 is 0 Å². The van der Waals surface area contributed by atoms with E-state index in [4.69, 9.17) is 8.92 Å². The number of rotatable bonds is 15. The van der Waals surface area contributed by atoms with Crippen molar-refractivity contribution in [3.05, 3.63) is 29.8 Å². The van der Waals surface area contributed by atoms with E-state index in [1.165, 1.54) is 50.7 Å². The van der Waals surface area contributed by atoms with Gasteiger partial charge >= 0.3 is 0 Å². The molecule has 0 aliphatic heterocycles. The molecule has 0 aromatic heterocycles. The summed E-state index contributed by atoms with van der Waals surface area (Å²) in [5.74, 6) is 0. The molecule has 0 aliphatic carbocycles. The Kier molecular flexibility index (Phi) is 11.8. The van der Waals surface area contributed by atoms with Gasteiger partial charge in [-0.25, -0.2) is 0 Å². The molecule has 1 unspecified atom stereocenters. The first kappa shape index (κ1) is 23.1. The van der Waals surface area contributed by atoms with Crippen molar-refractivity contribution in [3.63, 3.8) is 0 Å². The monoisotopic (exact) mass is 386 g/mol. The van der Waals surface area contributed by atoms with E-state index < -0.39 is 22.8 Å². The molecule has 1 aromatic rings. The molecule has 1 aromatic carbocycles. The maximum absolute atomic E-state index is 12.2. The molecule has 0 saturated heterocycles. The first-order valence-corrected chi connectivity index (χ1v) is 11.1. The van der Waals surface area contributed by atoms with Gasteiger partial charge in [0.2, 0.25) is 0 Å². The van der Waals surface area contributed by atoms with Crippen LogP contribution in [0.25, 0.3) is 0 Å². The van der Waals surface area contributed by atoms with Crippen LogP contribution in [0.15, 0.2) is 29.2 Å². The molecular weight excluding hydrogens is 352 g/mol. The van der Waals surface area contributed by atoms with Crippen molar-refractivity contribution in [2.75, 3.05) is 19.8 Å². The third kappa shape index (κ3) is 9.67. The number of aryl methyl sites for hydroxylation is 1. The zero-order valence-corrected chi connectivity index (χ0v) is 17.0. The molecule has 0 amide bonds. The molecule has 1 rings (SSSR count). The normalized spacial score (nSPS) is 13.0. The van der Waals surface area contributed by atoms with E-state index in [9.17, 15) is 13.5 Å². The van der Waals surface area contributed by atoms with Crippen LogP contribution in [0.4, 0.5) is 0 Å². The smallest absolute Gasteiger partial charge is 0.297 e. The van der Waals surface area contributed by atoms with Crippen LogP contribution in [0.2, 0.25) is 0 Å². The second-order valence-electron chi connectivity index (χ2n) is 6.72. The average molecular weight is 387 g/mol. The molecule has 26 heavy (non-hydrogen) atoms. The van der Waals surface area contributed by atoms with Crippen LogP contribution in [0.3, 0.4) is 0 Å². The fourth-order valence-corrected chi connectivity index (χ4v) is 3.66. The number of benzene rings is 1. The maximum atomic E-state index is 12.2. The fraction of sp³-hybridized carbons (Fsp3) is 0.700. The summed E-state index contributed by atoms with van der Waals surface area (Å²) in [5.41, 5.74) is 0.969. The lowest BCUT2D eigenvalue weighted by molar-refractivity contribution is 0.0220. The number of aliphatic hydroxyl groups is 1. The summed E-state index contributed by atoms with van der Waals surface area (Å²) in [5, 5.41) is 9.35. The molecule has 0 radical (unpaired) electrons. The van der Waals surface area contributed by atoms with E-state index in [1.807, 2.05) is 6.92 Å². The van der Waals surface area contributed by atoms with Crippen LogP contribution in [0, 0.1) is 6.92 Å². The highest BCUT2D eigenvalue weighted by atomic mass is 32.2. The van der Waals surface area contributed by atoms with Crippen LogP contribution in [0.5, 0.6) is 0 Å². The summed E-state index contributed by atoms with van der Waals surface area (Å²) in [4.78, 5) is 0.0876. The molecule has 0 bridgehead atoms. The highest BCUT2D eigenvalue weighted by Gasteiger charge is 2.21. The number of unbranched alkanes of at least 4 members (excludes halogenated alkanes) is 7. The molecule has 0 spiro atoms. The minimum absolute atomic E-state index is 0.0676. The van der Waals surface area contributed by atoms with Gasteiger partial charge in [0.05, 0.1) is 18.1 Å². The molecule has 0 heterocycles. The topological polar surface area (TPSA) is 72.8 Å². The minimum atomic E-state index is -3.89. The van der Waals surface area contributed by atoms with Gasteiger partial charge in [-0.3, -0.25) is 4.18 Å². The molecular formula is C20H34O5S. The van der Waals surface area contributed by atoms with Gasteiger partial charge in [-0.2, -0.15) is 8.42 Å². The molecule has 0 saturated carbocycles. The summed E-state index contributed by atoms with van der Waals surface area (Å²) in [6.45, 7) is 4.32. The van der Waals surface area contributed by atoms with E-state index >= 15 is 0 Å². The van der Waals surface area contributed by atoms with Crippen molar-refractivity contribution in [1.82, 2.24) is 0 Å². The lowest BCUT2D eigenvalue weighted by atomic mass is 10.1. The van der Waals surface area contributed by atoms with Crippen molar-refractivity contribution in [3.8, 4) is 0 Å². The Morgan fingerprint density at radius 2 is 1.54 bits per heavy atom. The Hall–Kier alpha value is -0.950. The van der Waals surface area contributed by atoms with Crippen LogP contribution in [0.1, 0.15) is 63.9 Å². The van der Waals surface area contributed by atoms with Gasteiger partial charge in [-0.15, -0.1) is 0 Å². The molecule has 0 aliphatic rings. The average Bonchev–Trinajstić information content (AvgIpc) is 2.62. The Morgan fingerprint density at radius 1 is 0.962 bits per heavy atom. The van der Waals surface area contributed by atoms with Crippen LogP contribution < -0.4 is 0 Å². The zero-order valence-electron chi connectivity index (χ0n) is 16.2. The van der Waals surface area contributed by atoms with Gasteiger partial charge in [0, 0.05) is 6.61 Å². The van der Waals surface area contributed by atoms with Crippen molar-refractivity contribution in [2.24, 2.45) is 0 Å². The summed E-state index contributed by atoms with van der Waals surface area (Å²) in [6.07, 6.45) is 8.83. The lowest BCUT2D eigenvalue weighted by Gasteiger charge is -2.15. The van der Waals surface area contributed by atoms with Crippen LogP contribution in [-0.2, 0) is 19.0 Å². The second kappa shape index (κ2) is 13.3. The number of hydrogen-bond acceptors (Lipinski definition) is 5. The Bertz CT molecular complexity index is 568. The molecule has 1 N–H and O–H groups in total. The highest BCUT2D eigenvalue weighted by molar-refractivity contribution is 7.86. The summed E-state index contributed by atoms with van der Waals surface area (Å²) < 4.78 is 35.0. The predicted molar refractivity (Wildman–Crippen MR) is 104 cm³/mol. The van der Waals surface area contributed by atoms with Gasteiger partial charge in [0.1, 0.15) is 6.10 Å². The van der Waals surface area contributed by atoms with Gasteiger partial charge in [-0.1, -0.05) is 69.6 Å². The van der Waals surface area contributed by atoms with E-state index in [-0.39, 0.29) is 11.5 Å². The maximum Gasteiger partial charge on any atom is 0.297 e. The number of aliphatic hydroxyl groups excluding tert-OH is 1. The van der Waals surface area contributed by atoms with E-state index in [2.05, 4.69) is 6.92 Å². The van der Waals surface area contributed by atoms with Gasteiger partial charge in [0.15, 0.2) is 0 Å². The van der Waals surface area contributed by atoms with E-state index in [0.717, 1.165) is 18.4 Å².